The Morgan fingerprint density at radius 1 is 0.714 bits per heavy atom. The maximum atomic E-state index is 12.8. The van der Waals surface area contributed by atoms with Crippen LogP contribution in [0.4, 0.5) is 13.2 Å². The van der Waals surface area contributed by atoms with Crippen LogP contribution in [0.5, 0.6) is 0 Å². The Balaban J connectivity index is 3.49. The molecule has 1 N–H and O–H groups in total. The van der Waals surface area contributed by atoms with Crippen molar-refractivity contribution in [1.29, 1.82) is 0 Å². The van der Waals surface area contributed by atoms with Crippen molar-refractivity contribution in [2.75, 3.05) is 6.54 Å². The summed E-state index contributed by atoms with van der Waals surface area (Å²) < 4.78 is 38.3. The second-order valence-corrected chi connectivity index (χ2v) is 6.02. The maximum absolute atomic E-state index is 12.8. The summed E-state index contributed by atoms with van der Waals surface area (Å²) in [4.78, 5) is 0. The molecule has 0 heterocycles. The molecule has 0 saturated carbocycles. The largest absolute Gasteiger partial charge is 0.403 e. The fraction of sp³-hybridized carbons (Fsp3) is 1.00. The topological polar surface area (TPSA) is 12.0 Å². The molecule has 4 heteroatoms. The van der Waals surface area contributed by atoms with Gasteiger partial charge in [-0.15, -0.1) is 0 Å². The summed E-state index contributed by atoms with van der Waals surface area (Å²) in [6, 6.07) is -1.31. The van der Waals surface area contributed by atoms with Crippen molar-refractivity contribution in [3.63, 3.8) is 0 Å². The van der Waals surface area contributed by atoms with Gasteiger partial charge >= 0.3 is 6.18 Å². The average Bonchev–Trinajstić information content (AvgIpc) is 2.42. The van der Waals surface area contributed by atoms with Gasteiger partial charge in [-0.1, -0.05) is 78.1 Å². The first-order chi connectivity index (χ1) is 10.0. The van der Waals surface area contributed by atoms with Gasteiger partial charge in [0.05, 0.1) is 0 Å². The van der Waals surface area contributed by atoms with Gasteiger partial charge in [-0.25, -0.2) is 0 Å². The lowest BCUT2D eigenvalue weighted by Gasteiger charge is -2.21. The number of hydrogen-bond acceptors (Lipinski definition) is 1. The summed E-state index contributed by atoms with van der Waals surface area (Å²) in [5.74, 6) is 0. The van der Waals surface area contributed by atoms with Gasteiger partial charge in [0.15, 0.2) is 0 Å². The van der Waals surface area contributed by atoms with Gasteiger partial charge in [-0.3, -0.25) is 0 Å². The number of alkyl halides is 3. The van der Waals surface area contributed by atoms with Crippen LogP contribution < -0.4 is 5.32 Å². The monoisotopic (exact) mass is 309 g/mol. The Kier molecular flexibility index (Phi) is 13.3. The molecule has 1 nitrogen and oxygen atoms in total. The molecule has 0 aromatic carbocycles. The van der Waals surface area contributed by atoms with Crippen LogP contribution in [-0.2, 0) is 0 Å². The molecule has 21 heavy (non-hydrogen) atoms. The predicted molar refractivity (Wildman–Crippen MR) is 84.6 cm³/mol. The highest BCUT2D eigenvalue weighted by Gasteiger charge is 2.38. The molecular weight excluding hydrogens is 275 g/mol. The number of hydrogen-bond donors (Lipinski definition) is 1. The van der Waals surface area contributed by atoms with E-state index in [9.17, 15) is 13.2 Å². The molecule has 0 saturated heterocycles. The van der Waals surface area contributed by atoms with Crippen molar-refractivity contribution in [2.45, 2.75) is 103 Å². The van der Waals surface area contributed by atoms with Crippen molar-refractivity contribution < 1.29 is 13.2 Å². The van der Waals surface area contributed by atoms with E-state index in [0.717, 1.165) is 19.3 Å². The molecule has 1 unspecified atom stereocenters. The molecule has 1 atom stereocenters. The first-order valence-corrected chi connectivity index (χ1v) is 8.82. The van der Waals surface area contributed by atoms with Gasteiger partial charge in [-0.05, 0) is 19.4 Å². The van der Waals surface area contributed by atoms with Crippen LogP contribution in [0.2, 0.25) is 0 Å². The summed E-state index contributed by atoms with van der Waals surface area (Å²) in [5.41, 5.74) is 0. The quantitative estimate of drug-likeness (QED) is 0.375. The van der Waals surface area contributed by atoms with E-state index in [1.165, 1.54) is 44.9 Å². The first kappa shape index (κ1) is 20.8. The molecule has 0 aliphatic rings. The summed E-state index contributed by atoms with van der Waals surface area (Å²) in [6.07, 6.45) is 8.46. The molecule has 0 amide bonds. The maximum Gasteiger partial charge on any atom is 0.403 e. The van der Waals surface area contributed by atoms with Crippen LogP contribution in [0.3, 0.4) is 0 Å². The molecule has 0 bridgehead atoms. The van der Waals surface area contributed by atoms with Gasteiger partial charge in [0.1, 0.15) is 6.04 Å². The smallest absolute Gasteiger partial charge is 0.306 e. The van der Waals surface area contributed by atoms with E-state index < -0.39 is 12.2 Å². The normalized spacial score (nSPS) is 13.6. The minimum Gasteiger partial charge on any atom is -0.306 e. The van der Waals surface area contributed by atoms with Crippen LogP contribution in [0.1, 0.15) is 90.9 Å². The SMILES string of the molecule is CCCCCCCCCCCCC(NCCC)C(F)(F)F. The Hall–Kier alpha value is -0.250. The predicted octanol–water partition coefficient (Wildman–Crippen LogP) is 6.23. The number of halogens is 3. The van der Waals surface area contributed by atoms with E-state index in [4.69, 9.17) is 0 Å². The molecule has 128 valence electrons. The molecule has 0 aliphatic heterocycles. The van der Waals surface area contributed by atoms with E-state index >= 15 is 0 Å². The second kappa shape index (κ2) is 13.4. The zero-order valence-corrected chi connectivity index (χ0v) is 13.9. The van der Waals surface area contributed by atoms with E-state index in [1.54, 1.807) is 0 Å². The van der Waals surface area contributed by atoms with Crippen molar-refractivity contribution in [2.24, 2.45) is 0 Å². The zero-order valence-electron chi connectivity index (χ0n) is 13.9. The van der Waals surface area contributed by atoms with Crippen LogP contribution in [0.25, 0.3) is 0 Å². The van der Waals surface area contributed by atoms with E-state index in [1.807, 2.05) is 6.92 Å². The molecule has 0 aromatic rings. The van der Waals surface area contributed by atoms with Crippen LogP contribution in [0, 0.1) is 0 Å². The standard InChI is InChI=1S/C17H34F3N/c1-3-5-6-7-8-9-10-11-12-13-14-16(17(18,19)20)21-15-4-2/h16,21H,3-15H2,1-2H3. The van der Waals surface area contributed by atoms with Gasteiger partial charge in [0.25, 0.3) is 0 Å². The number of rotatable bonds is 14. The summed E-state index contributed by atoms with van der Waals surface area (Å²) >= 11 is 0. The van der Waals surface area contributed by atoms with E-state index in [0.29, 0.717) is 13.0 Å². The third-order valence-electron chi connectivity index (χ3n) is 3.88. The molecule has 0 radical (unpaired) electrons. The molecular formula is C17H34F3N. The highest BCUT2D eigenvalue weighted by Crippen LogP contribution is 2.24. The van der Waals surface area contributed by atoms with Crippen LogP contribution >= 0.6 is 0 Å². The third-order valence-corrected chi connectivity index (χ3v) is 3.88. The molecule has 0 aromatic heterocycles. The first-order valence-electron chi connectivity index (χ1n) is 8.82. The summed E-state index contributed by atoms with van der Waals surface area (Å²) in [6.45, 7) is 4.55. The van der Waals surface area contributed by atoms with Crippen LogP contribution in [0.15, 0.2) is 0 Å². The van der Waals surface area contributed by atoms with Gasteiger partial charge in [0, 0.05) is 0 Å². The summed E-state index contributed by atoms with van der Waals surface area (Å²) in [7, 11) is 0. The highest BCUT2D eigenvalue weighted by molar-refractivity contribution is 4.74. The number of unbranched alkanes of at least 4 members (excludes halogenated alkanes) is 9. The Labute approximate surface area is 129 Å². The Morgan fingerprint density at radius 2 is 1.19 bits per heavy atom. The third kappa shape index (κ3) is 13.2. The molecule has 0 fully saturated rings. The van der Waals surface area contributed by atoms with Gasteiger partial charge < -0.3 is 5.32 Å². The zero-order chi connectivity index (χ0) is 16.0. The van der Waals surface area contributed by atoms with Crippen molar-refractivity contribution in [3.8, 4) is 0 Å². The fourth-order valence-electron chi connectivity index (χ4n) is 2.54. The van der Waals surface area contributed by atoms with Gasteiger partial charge in [0.2, 0.25) is 0 Å². The summed E-state index contributed by atoms with van der Waals surface area (Å²) in [5, 5.41) is 2.62. The van der Waals surface area contributed by atoms with Gasteiger partial charge in [-0.2, -0.15) is 13.2 Å². The highest BCUT2D eigenvalue weighted by atomic mass is 19.4. The molecule has 0 aliphatic carbocycles. The molecule has 0 rings (SSSR count). The minimum atomic E-state index is -4.10. The van der Waals surface area contributed by atoms with Crippen molar-refractivity contribution in [3.05, 3.63) is 0 Å². The lowest BCUT2D eigenvalue weighted by Crippen LogP contribution is -2.42. The van der Waals surface area contributed by atoms with Crippen molar-refractivity contribution >= 4 is 0 Å². The molecule has 0 spiro atoms. The van der Waals surface area contributed by atoms with Crippen molar-refractivity contribution in [1.82, 2.24) is 5.32 Å². The Morgan fingerprint density at radius 3 is 1.62 bits per heavy atom. The second-order valence-electron chi connectivity index (χ2n) is 6.02. The van der Waals surface area contributed by atoms with E-state index in [-0.39, 0.29) is 6.42 Å². The van der Waals surface area contributed by atoms with E-state index in [2.05, 4.69) is 12.2 Å². The number of nitrogens with one attached hydrogen (secondary N) is 1. The van der Waals surface area contributed by atoms with Crippen LogP contribution in [-0.4, -0.2) is 18.8 Å². The Bertz CT molecular complexity index is 217. The fourth-order valence-corrected chi connectivity index (χ4v) is 2.54. The average molecular weight is 309 g/mol. The minimum absolute atomic E-state index is 0.222. The lowest BCUT2D eigenvalue weighted by molar-refractivity contribution is -0.157. The lowest BCUT2D eigenvalue weighted by atomic mass is 10.0.